The monoisotopic (exact) mass is 219 g/mol. The SMILES string of the molecule is C=CCCC(CC)NCc1cccc(O)c1. The van der Waals surface area contributed by atoms with Gasteiger partial charge in [0, 0.05) is 12.6 Å². The molecule has 0 saturated heterocycles. The van der Waals surface area contributed by atoms with Gasteiger partial charge < -0.3 is 10.4 Å². The Hall–Kier alpha value is -1.28. The molecule has 16 heavy (non-hydrogen) atoms. The molecule has 0 bridgehead atoms. The first-order chi connectivity index (χ1) is 7.76. The van der Waals surface area contributed by atoms with Crippen LogP contribution in [0.4, 0.5) is 0 Å². The predicted molar refractivity (Wildman–Crippen MR) is 68.5 cm³/mol. The normalized spacial score (nSPS) is 12.3. The first-order valence-electron chi connectivity index (χ1n) is 5.88. The zero-order valence-electron chi connectivity index (χ0n) is 9.95. The molecule has 1 rings (SSSR count). The van der Waals surface area contributed by atoms with Crippen molar-refractivity contribution in [3.63, 3.8) is 0 Å². The Morgan fingerprint density at radius 2 is 2.31 bits per heavy atom. The first-order valence-corrected chi connectivity index (χ1v) is 5.88. The summed E-state index contributed by atoms with van der Waals surface area (Å²) in [5.74, 6) is 0.332. The highest BCUT2D eigenvalue weighted by molar-refractivity contribution is 5.26. The van der Waals surface area contributed by atoms with E-state index in [9.17, 15) is 5.11 Å². The van der Waals surface area contributed by atoms with Crippen LogP contribution in [0.5, 0.6) is 5.75 Å². The number of benzene rings is 1. The van der Waals surface area contributed by atoms with Crippen molar-refractivity contribution >= 4 is 0 Å². The minimum absolute atomic E-state index is 0.332. The smallest absolute Gasteiger partial charge is 0.115 e. The van der Waals surface area contributed by atoms with Gasteiger partial charge in [-0.3, -0.25) is 0 Å². The lowest BCUT2D eigenvalue weighted by Crippen LogP contribution is -2.27. The summed E-state index contributed by atoms with van der Waals surface area (Å²) in [6.45, 7) is 6.73. The van der Waals surface area contributed by atoms with Gasteiger partial charge >= 0.3 is 0 Å². The molecule has 1 aromatic carbocycles. The standard InChI is InChI=1S/C14H21NO/c1-3-5-8-13(4-2)15-11-12-7-6-9-14(16)10-12/h3,6-7,9-10,13,15-16H,1,4-5,8,11H2,2H3. The Labute approximate surface area is 98.0 Å². The summed E-state index contributed by atoms with van der Waals surface area (Å²) in [5, 5.41) is 12.8. The zero-order valence-corrected chi connectivity index (χ0v) is 9.95. The van der Waals surface area contributed by atoms with Crippen molar-refractivity contribution in [3.8, 4) is 5.75 Å². The van der Waals surface area contributed by atoms with E-state index < -0.39 is 0 Å². The van der Waals surface area contributed by atoms with Crippen LogP contribution in [0.25, 0.3) is 0 Å². The van der Waals surface area contributed by atoms with Gasteiger partial charge in [-0.05, 0) is 37.0 Å². The number of nitrogens with one attached hydrogen (secondary N) is 1. The molecule has 0 aliphatic rings. The van der Waals surface area contributed by atoms with Gasteiger partial charge in [-0.25, -0.2) is 0 Å². The molecule has 0 amide bonds. The molecule has 1 atom stereocenters. The molecule has 0 aromatic heterocycles. The van der Waals surface area contributed by atoms with E-state index in [1.165, 1.54) is 0 Å². The van der Waals surface area contributed by atoms with Gasteiger partial charge in [0.2, 0.25) is 0 Å². The number of aromatic hydroxyl groups is 1. The molecule has 88 valence electrons. The highest BCUT2D eigenvalue weighted by Gasteiger charge is 2.04. The molecule has 1 unspecified atom stereocenters. The summed E-state index contributed by atoms with van der Waals surface area (Å²) in [4.78, 5) is 0. The van der Waals surface area contributed by atoms with E-state index in [-0.39, 0.29) is 0 Å². The highest BCUT2D eigenvalue weighted by Crippen LogP contribution is 2.11. The molecular weight excluding hydrogens is 198 g/mol. The Kier molecular flexibility index (Phi) is 5.65. The van der Waals surface area contributed by atoms with Gasteiger partial charge in [0.05, 0.1) is 0 Å². The fourth-order valence-electron chi connectivity index (χ4n) is 1.70. The van der Waals surface area contributed by atoms with Crippen LogP contribution >= 0.6 is 0 Å². The van der Waals surface area contributed by atoms with Gasteiger partial charge in [-0.2, -0.15) is 0 Å². The molecule has 0 heterocycles. The number of hydrogen-bond donors (Lipinski definition) is 2. The van der Waals surface area contributed by atoms with Crippen LogP contribution in [-0.4, -0.2) is 11.1 Å². The summed E-state index contributed by atoms with van der Waals surface area (Å²) < 4.78 is 0. The van der Waals surface area contributed by atoms with E-state index in [1.54, 1.807) is 12.1 Å². The van der Waals surface area contributed by atoms with Crippen molar-refractivity contribution in [1.29, 1.82) is 0 Å². The summed E-state index contributed by atoms with van der Waals surface area (Å²) in [6, 6.07) is 7.91. The van der Waals surface area contributed by atoms with Crippen LogP contribution in [0.1, 0.15) is 31.7 Å². The van der Waals surface area contributed by atoms with Crippen molar-refractivity contribution < 1.29 is 5.11 Å². The third-order valence-electron chi connectivity index (χ3n) is 2.72. The molecule has 0 fully saturated rings. The quantitative estimate of drug-likeness (QED) is 0.690. The van der Waals surface area contributed by atoms with E-state index in [2.05, 4.69) is 18.8 Å². The summed E-state index contributed by atoms with van der Waals surface area (Å²) in [5.41, 5.74) is 1.12. The number of rotatable bonds is 7. The van der Waals surface area contributed by atoms with Crippen molar-refractivity contribution in [2.45, 2.75) is 38.8 Å². The summed E-state index contributed by atoms with van der Waals surface area (Å²) in [7, 11) is 0. The maximum Gasteiger partial charge on any atom is 0.115 e. The Bertz CT molecular complexity index is 322. The lowest BCUT2D eigenvalue weighted by Gasteiger charge is -2.16. The van der Waals surface area contributed by atoms with Crippen LogP contribution in [-0.2, 0) is 6.54 Å². The van der Waals surface area contributed by atoms with E-state index >= 15 is 0 Å². The van der Waals surface area contributed by atoms with Crippen LogP contribution in [0.2, 0.25) is 0 Å². The van der Waals surface area contributed by atoms with E-state index in [0.717, 1.165) is 31.4 Å². The molecule has 0 spiro atoms. The molecule has 2 heteroatoms. The van der Waals surface area contributed by atoms with Gasteiger partial charge in [-0.15, -0.1) is 6.58 Å². The molecule has 0 saturated carbocycles. The van der Waals surface area contributed by atoms with Crippen LogP contribution in [0, 0.1) is 0 Å². The second-order valence-electron chi connectivity index (χ2n) is 4.02. The summed E-state index contributed by atoms with van der Waals surface area (Å²) in [6.07, 6.45) is 5.25. The Morgan fingerprint density at radius 3 is 2.94 bits per heavy atom. The fourth-order valence-corrected chi connectivity index (χ4v) is 1.70. The van der Waals surface area contributed by atoms with Gasteiger partial charge in [0.15, 0.2) is 0 Å². The lowest BCUT2D eigenvalue weighted by atomic mass is 10.1. The van der Waals surface area contributed by atoms with Crippen molar-refractivity contribution in [1.82, 2.24) is 5.32 Å². The molecule has 2 N–H and O–H groups in total. The largest absolute Gasteiger partial charge is 0.508 e. The van der Waals surface area contributed by atoms with Gasteiger partial charge in [0.25, 0.3) is 0 Å². The minimum atomic E-state index is 0.332. The maximum absolute atomic E-state index is 9.34. The lowest BCUT2D eigenvalue weighted by molar-refractivity contribution is 0.462. The fraction of sp³-hybridized carbons (Fsp3) is 0.429. The minimum Gasteiger partial charge on any atom is -0.508 e. The zero-order chi connectivity index (χ0) is 11.8. The summed E-state index contributed by atoms with van der Waals surface area (Å²) >= 11 is 0. The van der Waals surface area contributed by atoms with Gasteiger partial charge in [-0.1, -0.05) is 25.1 Å². The third-order valence-corrected chi connectivity index (χ3v) is 2.72. The molecule has 1 aromatic rings. The molecular formula is C14H21NO. The third kappa shape index (κ3) is 4.49. The first kappa shape index (κ1) is 12.8. The Balaban J connectivity index is 2.39. The average molecular weight is 219 g/mol. The topological polar surface area (TPSA) is 32.3 Å². The van der Waals surface area contributed by atoms with Crippen molar-refractivity contribution in [2.75, 3.05) is 0 Å². The van der Waals surface area contributed by atoms with Crippen LogP contribution in [0.15, 0.2) is 36.9 Å². The molecule has 2 nitrogen and oxygen atoms in total. The maximum atomic E-state index is 9.34. The Morgan fingerprint density at radius 1 is 1.50 bits per heavy atom. The predicted octanol–water partition coefficient (Wildman–Crippen LogP) is 3.23. The molecule has 0 radical (unpaired) electrons. The number of phenolic OH excluding ortho intramolecular Hbond substituents is 1. The van der Waals surface area contributed by atoms with Crippen molar-refractivity contribution in [3.05, 3.63) is 42.5 Å². The number of phenols is 1. The van der Waals surface area contributed by atoms with E-state index in [0.29, 0.717) is 11.8 Å². The number of hydrogen-bond acceptors (Lipinski definition) is 2. The van der Waals surface area contributed by atoms with Crippen LogP contribution in [0.3, 0.4) is 0 Å². The van der Waals surface area contributed by atoms with Gasteiger partial charge in [0.1, 0.15) is 5.75 Å². The second kappa shape index (κ2) is 7.07. The number of allylic oxidation sites excluding steroid dienone is 1. The second-order valence-corrected chi connectivity index (χ2v) is 4.02. The van der Waals surface area contributed by atoms with E-state index in [4.69, 9.17) is 0 Å². The van der Waals surface area contributed by atoms with E-state index in [1.807, 2.05) is 18.2 Å². The van der Waals surface area contributed by atoms with Crippen molar-refractivity contribution in [2.24, 2.45) is 0 Å². The molecule has 0 aliphatic heterocycles. The average Bonchev–Trinajstić information content (AvgIpc) is 2.29. The van der Waals surface area contributed by atoms with Crippen LogP contribution < -0.4 is 5.32 Å². The highest BCUT2D eigenvalue weighted by atomic mass is 16.3. The molecule has 0 aliphatic carbocycles.